The SMILES string of the molecule is CC/C(C)=C/N=C(\C)CC. The van der Waals surface area contributed by atoms with Crippen LogP contribution in [-0.2, 0) is 0 Å². The van der Waals surface area contributed by atoms with Gasteiger partial charge in [0.2, 0.25) is 0 Å². The first-order valence-electron chi connectivity index (χ1n) is 3.89. The number of hydrogen-bond donors (Lipinski definition) is 0. The van der Waals surface area contributed by atoms with Crippen molar-refractivity contribution in [2.75, 3.05) is 0 Å². The molecule has 0 aromatic carbocycles. The van der Waals surface area contributed by atoms with E-state index in [2.05, 4.69) is 32.7 Å². The summed E-state index contributed by atoms with van der Waals surface area (Å²) in [6, 6.07) is 0. The molecule has 1 heteroatoms. The van der Waals surface area contributed by atoms with E-state index in [0.29, 0.717) is 0 Å². The van der Waals surface area contributed by atoms with Crippen molar-refractivity contribution in [1.82, 2.24) is 0 Å². The second-order valence-electron chi connectivity index (χ2n) is 2.55. The molecule has 0 aromatic rings. The number of rotatable bonds is 3. The lowest BCUT2D eigenvalue weighted by Crippen LogP contribution is -1.84. The van der Waals surface area contributed by atoms with Gasteiger partial charge in [-0.15, -0.1) is 0 Å². The Kier molecular flexibility index (Phi) is 4.91. The van der Waals surface area contributed by atoms with Crippen molar-refractivity contribution in [3.63, 3.8) is 0 Å². The van der Waals surface area contributed by atoms with E-state index in [-0.39, 0.29) is 0 Å². The Hall–Kier alpha value is -0.590. The van der Waals surface area contributed by atoms with E-state index in [9.17, 15) is 0 Å². The molecule has 0 unspecified atom stereocenters. The number of allylic oxidation sites excluding steroid dienone is 1. The van der Waals surface area contributed by atoms with Gasteiger partial charge in [-0.3, -0.25) is 4.99 Å². The van der Waals surface area contributed by atoms with E-state index in [1.165, 1.54) is 11.3 Å². The fourth-order valence-corrected chi connectivity index (χ4v) is 0.403. The van der Waals surface area contributed by atoms with Crippen molar-refractivity contribution >= 4 is 5.71 Å². The van der Waals surface area contributed by atoms with Gasteiger partial charge in [0.05, 0.1) is 0 Å². The zero-order valence-corrected chi connectivity index (χ0v) is 7.44. The van der Waals surface area contributed by atoms with Gasteiger partial charge in [0.15, 0.2) is 0 Å². The second kappa shape index (κ2) is 5.21. The van der Waals surface area contributed by atoms with Crippen molar-refractivity contribution in [3.8, 4) is 0 Å². The molecular formula is C9H17N. The monoisotopic (exact) mass is 139 g/mol. The molecular weight excluding hydrogens is 122 g/mol. The first-order valence-corrected chi connectivity index (χ1v) is 3.89. The molecule has 58 valence electrons. The predicted molar refractivity (Wildman–Crippen MR) is 47.4 cm³/mol. The van der Waals surface area contributed by atoms with Gasteiger partial charge >= 0.3 is 0 Å². The molecule has 0 N–H and O–H groups in total. The highest BCUT2D eigenvalue weighted by Gasteiger charge is 1.82. The van der Waals surface area contributed by atoms with Crippen molar-refractivity contribution in [1.29, 1.82) is 0 Å². The average Bonchev–Trinajstić information content (AvgIpc) is 1.99. The Morgan fingerprint density at radius 3 is 2.20 bits per heavy atom. The highest BCUT2D eigenvalue weighted by molar-refractivity contribution is 5.82. The average molecular weight is 139 g/mol. The molecule has 0 rings (SSSR count). The van der Waals surface area contributed by atoms with Crippen LogP contribution >= 0.6 is 0 Å². The molecule has 0 fully saturated rings. The number of nitrogens with zero attached hydrogens (tertiary/aromatic N) is 1. The highest BCUT2D eigenvalue weighted by Crippen LogP contribution is 1.98. The minimum Gasteiger partial charge on any atom is -0.266 e. The van der Waals surface area contributed by atoms with Crippen molar-refractivity contribution in [2.24, 2.45) is 4.99 Å². The number of hydrogen-bond acceptors (Lipinski definition) is 1. The number of aliphatic imine (C=N–C) groups is 1. The summed E-state index contributed by atoms with van der Waals surface area (Å²) in [7, 11) is 0. The fraction of sp³-hybridized carbons (Fsp3) is 0.667. The molecule has 0 heterocycles. The molecule has 0 bridgehead atoms. The molecule has 0 aliphatic carbocycles. The Morgan fingerprint density at radius 2 is 1.80 bits per heavy atom. The van der Waals surface area contributed by atoms with Gasteiger partial charge in [-0.25, -0.2) is 0 Å². The normalized spacial score (nSPS) is 14.0. The van der Waals surface area contributed by atoms with Crippen LogP contribution in [0.4, 0.5) is 0 Å². The maximum atomic E-state index is 4.27. The minimum atomic E-state index is 1.05. The van der Waals surface area contributed by atoms with Crippen LogP contribution in [-0.4, -0.2) is 5.71 Å². The van der Waals surface area contributed by atoms with Gasteiger partial charge in [0, 0.05) is 11.9 Å². The first kappa shape index (κ1) is 9.41. The summed E-state index contributed by atoms with van der Waals surface area (Å²) < 4.78 is 0. The van der Waals surface area contributed by atoms with E-state index in [4.69, 9.17) is 0 Å². The Labute approximate surface area is 63.9 Å². The molecule has 1 nitrogen and oxygen atoms in total. The van der Waals surface area contributed by atoms with Crippen molar-refractivity contribution in [2.45, 2.75) is 40.5 Å². The molecule has 0 radical (unpaired) electrons. The third-order valence-corrected chi connectivity index (χ3v) is 1.57. The third-order valence-electron chi connectivity index (χ3n) is 1.57. The lowest BCUT2D eigenvalue weighted by Gasteiger charge is -1.92. The smallest absolute Gasteiger partial charge is 0.0256 e. The van der Waals surface area contributed by atoms with Crippen LogP contribution in [0.15, 0.2) is 16.8 Å². The second-order valence-corrected chi connectivity index (χ2v) is 2.55. The minimum absolute atomic E-state index is 1.05. The van der Waals surface area contributed by atoms with Crippen LogP contribution in [0.3, 0.4) is 0 Å². The molecule has 10 heavy (non-hydrogen) atoms. The standard InChI is InChI=1S/C9H17N/c1-5-8(3)7-10-9(4)6-2/h7H,5-6H2,1-4H3/b8-7+,10-9+. The quantitative estimate of drug-likeness (QED) is 0.532. The fourth-order valence-electron chi connectivity index (χ4n) is 0.403. The maximum absolute atomic E-state index is 4.27. The van der Waals surface area contributed by atoms with E-state index >= 15 is 0 Å². The summed E-state index contributed by atoms with van der Waals surface area (Å²) in [6.45, 7) is 8.42. The molecule has 0 aliphatic heterocycles. The summed E-state index contributed by atoms with van der Waals surface area (Å²) >= 11 is 0. The molecule has 0 saturated heterocycles. The molecule has 0 spiro atoms. The lowest BCUT2D eigenvalue weighted by atomic mass is 10.2. The largest absolute Gasteiger partial charge is 0.266 e. The van der Waals surface area contributed by atoms with Crippen LogP contribution in [0, 0.1) is 0 Å². The van der Waals surface area contributed by atoms with Crippen LogP contribution in [0.25, 0.3) is 0 Å². The van der Waals surface area contributed by atoms with E-state index in [0.717, 1.165) is 12.8 Å². The van der Waals surface area contributed by atoms with Gasteiger partial charge in [-0.05, 0) is 26.7 Å². The first-order chi connectivity index (χ1) is 4.70. The molecule has 0 aromatic heterocycles. The third kappa shape index (κ3) is 4.30. The van der Waals surface area contributed by atoms with Gasteiger partial charge < -0.3 is 0 Å². The molecule has 0 aliphatic rings. The maximum Gasteiger partial charge on any atom is 0.0256 e. The Bertz CT molecular complexity index is 125. The highest BCUT2D eigenvalue weighted by atomic mass is 14.7. The van der Waals surface area contributed by atoms with Crippen LogP contribution in [0.5, 0.6) is 0 Å². The van der Waals surface area contributed by atoms with Crippen LogP contribution in [0.2, 0.25) is 0 Å². The van der Waals surface area contributed by atoms with Gasteiger partial charge in [-0.2, -0.15) is 0 Å². The molecule has 0 amide bonds. The lowest BCUT2D eigenvalue weighted by molar-refractivity contribution is 1.08. The summed E-state index contributed by atoms with van der Waals surface area (Å²) in [5.41, 5.74) is 2.54. The Morgan fingerprint density at radius 1 is 1.20 bits per heavy atom. The summed E-state index contributed by atoms with van der Waals surface area (Å²) in [6.07, 6.45) is 4.10. The molecule has 0 atom stereocenters. The van der Waals surface area contributed by atoms with Gasteiger partial charge in [0.25, 0.3) is 0 Å². The van der Waals surface area contributed by atoms with E-state index < -0.39 is 0 Å². The summed E-state index contributed by atoms with van der Waals surface area (Å²) in [4.78, 5) is 4.27. The zero-order valence-electron chi connectivity index (χ0n) is 7.44. The van der Waals surface area contributed by atoms with Crippen molar-refractivity contribution in [3.05, 3.63) is 11.8 Å². The van der Waals surface area contributed by atoms with Gasteiger partial charge in [0.1, 0.15) is 0 Å². The summed E-state index contributed by atoms with van der Waals surface area (Å²) in [5, 5.41) is 0. The predicted octanol–water partition coefficient (Wildman–Crippen LogP) is 3.17. The zero-order chi connectivity index (χ0) is 7.98. The topological polar surface area (TPSA) is 12.4 Å². The van der Waals surface area contributed by atoms with E-state index in [1.807, 2.05) is 6.20 Å². The van der Waals surface area contributed by atoms with Crippen LogP contribution in [0.1, 0.15) is 40.5 Å². The molecule has 0 saturated carbocycles. The Balaban J connectivity index is 3.91. The summed E-state index contributed by atoms with van der Waals surface area (Å²) in [5.74, 6) is 0. The van der Waals surface area contributed by atoms with Crippen LogP contribution < -0.4 is 0 Å². The van der Waals surface area contributed by atoms with Gasteiger partial charge in [-0.1, -0.05) is 19.4 Å². The van der Waals surface area contributed by atoms with Crippen molar-refractivity contribution < 1.29 is 0 Å². The van der Waals surface area contributed by atoms with E-state index in [1.54, 1.807) is 0 Å².